The molecule has 16 rings (SSSR count). The van der Waals surface area contributed by atoms with Gasteiger partial charge < -0.3 is 94.8 Å². The van der Waals surface area contributed by atoms with E-state index < -0.39 is 106 Å². The summed E-state index contributed by atoms with van der Waals surface area (Å²) in [6.07, 6.45) is 4.54. The number of alkyl carbamates (subject to hydrolysis) is 2. The number of anilines is 2. The molecule has 4 aliphatic heterocycles. The van der Waals surface area contributed by atoms with Crippen molar-refractivity contribution in [2.45, 2.75) is 244 Å². The minimum absolute atomic E-state index is 0.00165. The Morgan fingerprint density at radius 3 is 1.45 bits per heavy atom. The van der Waals surface area contributed by atoms with E-state index in [0.717, 1.165) is 49.0 Å². The summed E-state index contributed by atoms with van der Waals surface area (Å²) in [7, 11) is 3.33. The lowest BCUT2D eigenvalue weighted by molar-refractivity contribution is -0.148. The Kier molecular flexibility index (Phi) is 27.4. The summed E-state index contributed by atoms with van der Waals surface area (Å²) in [4.78, 5) is 136. The summed E-state index contributed by atoms with van der Waals surface area (Å²) >= 11 is 17.1. The highest BCUT2D eigenvalue weighted by atomic mass is 35.5. The Balaban J connectivity index is 0.000000194. The first-order valence-corrected chi connectivity index (χ1v) is 46.9. The number of amides is 6. The molecule has 8 N–H and O–H groups in total. The molecule has 4 aromatic heterocycles. The predicted molar refractivity (Wildman–Crippen MR) is 476 cm³/mol. The second kappa shape index (κ2) is 37.7. The number of halogens is 2. The SMILES string of the molecule is CC[C@@H]1C[C@]1(NC(=O)[C@@H]1C[C@@H](Oc2cc(-c3csc(NC(C)C)n3)nc3c(Cl)c(OC[C@@H]4COCCN4)ccc23)CN1C(=O)[C@@H](NC(=O)OC1C[C@@H]2C[C@@H]2C1)C(C)(C)C)C(=O)OC.CC[C@@H]1C[C@]1(NC(=O)[C@@H]1C[C@@H](Oc2cc(-c3csc(NC(C)C)n3)nc3c(Cl)c(OC[C@@H]4COCCN4C)ccc23)CN1C(=O)[C@@H](NC(=O)OC1C[C@@H]2C[C@@H]2C1)C(C)(C)C)C(=O)O. The van der Waals surface area contributed by atoms with Crippen LogP contribution >= 0.6 is 45.9 Å². The first kappa shape index (κ1) is 91.8. The first-order valence-electron chi connectivity index (χ1n) is 44.4. The van der Waals surface area contributed by atoms with Gasteiger partial charge in [-0.05, 0) is 157 Å². The van der Waals surface area contributed by atoms with E-state index in [0.29, 0.717) is 157 Å². The summed E-state index contributed by atoms with van der Waals surface area (Å²) in [6.45, 7) is 27.6. The lowest BCUT2D eigenvalue weighted by atomic mass is 9.85. The van der Waals surface area contributed by atoms with Gasteiger partial charge in [0.1, 0.15) is 117 Å². The van der Waals surface area contributed by atoms with Gasteiger partial charge in [0.2, 0.25) is 23.6 Å². The Hall–Kier alpha value is -8.90. The van der Waals surface area contributed by atoms with Crippen LogP contribution in [-0.4, -0.2) is 251 Å². The number of nitrogens with one attached hydrogen (secondary N) is 7. The van der Waals surface area contributed by atoms with Crippen molar-refractivity contribution in [2.24, 2.45) is 46.3 Å². The molecule has 6 saturated carbocycles. The number of aromatic nitrogens is 4. The van der Waals surface area contributed by atoms with E-state index in [1.807, 2.05) is 113 Å². The van der Waals surface area contributed by atoms with Crippen molar-refractivity contribution in [3.05, 3.63) is 57.2 Å². The molecular weight excluding hydrogens is 1700 g/mol. The molecule has 126 heavy (non-hydrogen) atoms. The molecule has 0 radical (unpaired) electrons. The van der Waals surface area contributed by atoms with Crippen LogP contribution in [0.4, 0.5) is 19.9 Å². The van der Waals surface area contributed by atoms with Gasteiger partial charge in [0.25, 0.3) is 0 Å². The van der Waals surface area contributed by atoms with Crippen LogP contribution in [0, 0.1) is 46.3 Å². The van der Waals surface area contributed by atoms with Gasteiger partial charge in [0.15, 0.2) is 10.3 Å². The summed E-state index contributed by atoms with van der Waals surface area (Å²) < 4.78 is 54.2. The van der Waals surface area contributed by atoms with Crippen LogP contribution < -0.4 is 56.2 Å². The number of nitrogens with zero attached hydrogens (tertiary/aromatic N) is 7. The number of ether oxygens (including phenoxy) is 9. The Labute approximate surface area is 752 Å². The molecular formula is C90H120Cl2N14O18S2. The lowest BCUT2D eigenvalue weighted by Crippen LogP contribution is -2.59. The predicted octanol–water partition coefficient (Wildman–Crippen LogP) is 12.1. The number of carboxylic acids is 1. The van der Waals surface area contributed by atoms with Crippen molar-refractivity contribution in [3.63, 3.8) is 0 Å². The summed E-state index contributed by atoms with van der Waals surface area (Å²) in [5.41, 5.74) is -1.14. The number of benzene rings is 2. The van der Waals surface area contributed by atoms with E-state index >= 15 is 0 Å². The van der Waals surface area contributed by atoms with Gasteiger partial charge >= 0.3 is 24.1 Å². The maximum absolute atomic E-state index is 14.9. The van der Waals surface area contributed by atoms with Crippen molar-refractivity contribution in [1.82, 2.24) is 61.2 Å². The third kappa shape index (κ3) is 20.5. The number of esters is 1. The average molecular weight is 1820 g/mol. The van der Waals surface area contributed by atoms with Crippen LogP contribution in [0.25, 0.3) is 44.6 Å². The fourth-order valence-electron chi connectivity index (χ4n) is 18.7. The number of morpholine rings is 2. The highest BCUT2D eigenvalue weighted by Gasteiger charge is 2.64. The van der Waals surface area contributed by atoms with E-state index in [2.05, 4.69) is 42.1 Å². The number of carbonyl (C=O) groups is 8. The van der Waals surface area contributed by atoms with Crippen LogP contribution in [0.3, 0.4) is 0 Å². The Bertz CT molecular complexity index is 5040. The molecule has 2 aromatic carbocycles. The van der Waals surface area contributed by atoms with Crippen LogP contribution in [0.2, 0.25) is 10.0 Å². The maximum Gasteiger partial charge on any atom is 0.408 e. The third-order valence-electron chi connectivity index (χ3n) is 26.2. The smallest absolute Gasteiger partial charge is 0.408 e. The van der Waals surface area contributed by atoms with Crippen molar-refractivity contribution < 1.29 is 86.1 Å². The zero-order chi connectivity index (χ0) is 89.8. The zero-order valence-electron chi connectivity index (χ0n) is 74.2. The molecule has 10 aliphatic rings. The number of likely N-dealkylation sites (N-methyl/N-ethyl adjacent to an activating group) is 1. The van der Waals surface area contributed by atoms with Gasteiger partial charge in [0.05, 0.1) is 81.1 Å². The van der Waals surface area contributed by atoms with Gasteiger partial charge in [0, 0.05) is 71.7 Å². The number of thiazole rings is 2. The van der Waals surface area contributed by atoms with Crippen LogP contribution in [0.15, 0.2) is 47.2 Å². The first-order chi connectivity index (χ1) is 60.0. The molecule has 8 heterocycles. The van der Waals surface area contributed by atoms with E-state index in [9.17, 15) is 43.5 Å². The van der Waals surface area contributed by atoms with Crippen LogP contribution in [0.5, 0.6) is 23.0 Å². The normalized spacial score (nSPS) is 28.1. The lowest BCUT2D eigenvalue weighted by Gasteiger charge is -2.35. The number of aliphatic carboxylic acids is 1. The van der Waals surface area contributed by atoms with Crippen LogP contribution in [0.1, 0.15) is 160 Å². The Morgan fingerprint density at radius 1 is 0.587 bits per heavy atom. The topological polar surface area (TPSA) is 385 Å². The highest BCUT2D eigenvalue weighted by Crippen LogP contribution is 2.55. The third-order valence-corrected chi connectivity index (χ3v) is 28.5. The number of hydrogen-bond acceptors (Lipinski definition) is 27. The van der Waals surface area contributed by atoms with Crippen molar-refractivity contribution in [3.8, 4) is 45.8 Å². The molecule has 6 aromatic rings. The van der Waals surface area contributed by atoms with E-state index in [-0.39, 0.29) is 84.2 Å². The van der Waals surface area contributed by atoms with Crippen molar-refractivity contribution in [1.29, 1.82) is 0 Å². The van der Waals surface area contributed by atoms with Crippen molar-refractivity contribution >= 4 is 126 Å². The van der Waals surface area contributed by atoms with E-state index in [1.165, 1.54) is 52.4 Å². The Morgan fingerprint density at radius 2 is 1.04 bits per heavy atom. The number of carbonyl (C=O) groups excluding carboxylic acids is 7. The number of hydrogen-bond donors (Lipinski definition) is 8. The molecule has 2 unspecified atom stereocenters. The molecule has 6 aliphatic carbocycles. The van der Waals surface area contributed by atoms with E-state index in [1.54, 1.807) is 24.3 Å². The van der Waals surface area contributed by atoms with E-state index in [4.69, 9.17) is 85.8 Å². The fraction of sp³-hybridized carbons (Fsp3) is 0.644. The molecule has 0 bridgehead atoms. The van der Waals surface area contributed by atoms with Gasteiger partial charge in [-0.25, -0.2) is 39.1 Å². The number of fused-ring (bicyclic) bond motifs is 4. The van der Waals surface area contributed by atoms with Gasteiger partial charge in [-0.2, -0.15) is 0 Å². The molecule has 18 atom stereocenters. The largest absolute Gasteiger partial charge is 0.490 e. The molecule has 4 saturated heterocycles. The summed E-state index contributed by atoms with van der Waals surface area (Å²) in [6, 6.07) is 6.85. The molecule has 36 heteroatoms. The standard InChI is InChI=1S/2C45H60ClN7O9S/c1-8-26-18-45(26,41(56)57)51-39(54)33-16-29(19-53(33)40(55)38(44(4,5)6)50-43(58)62-28-14-24-13-25(24)15-28)61-35-17-31(32-22-63-42(49-32)47-23(2)3)48-37-30(35)9-10-34(36(37)46)60-21-27-20-59-12-11-52(27)7;1-8-26-18-45(26,41(56)58-7)52-39(54)33-16-29(19-53(33)40(55)38(44(4,5)6)51-43(57)62-28-14-24-13-25(24)15-28)61-35-17-31(32-22-63-42(50-32)48-23(2)3)49-37-30(35)9-10-34(36(37)46)60-21-27-20-59-12-11-47-27/h9-10,17,22-29,33,38H,8,11-16,18-21H2,1-7H3,(H,47,49)(H,50,58)(H,51,54)(H,56,57);9-10,17,22-29,33,38,47H,8,11-16,18-21H2,1-7H3,(H,48,50)(H,51,57)(H,52,54)/t2*24-,25+,26-,27+,28?,29-,33+,38-,45-/m11/s1. The minimum atomic E-state index is -1.42. The van der Waals surface area contributed by atoms with Crippen LogP contribution in [-0.2, 0) is 52.5 Å². The van der Waals surface area contributed by atoms with Gasteiger partial charge in [-0.1, -0.05) is 91.4 Å². The highest BCUT2D eigenvalue weighted by molar-refractivity contribution is 7.14. The number of likely N-dealkylation sites (tertiary alicyclic amines) is 2. The number of carboxylic acid groups (broad SMARTS) is 1. The maximum atomic E-state index is 14.9. The van der Waals surface area contributed by atoms with Gasteiger partial charge in [-0.15, -0.1) is 22.7 Å². The molecule has 10 fully saturated rings. The zero-order valence-corrected chi connectivity index (χ0v) is 77.3. The summed E-state index contributed by atoms with van der Waals surface area (Å²) in [5.74, 6) is 0.0405. The monoisotopic (exact) mass is 1820 g/mol. The fourth-order valence-corrected chi connectivity index (χ4v) is 21.0. The minimum Gasteiger partial charge on any atom is -0.490 e. The second-order valence-corrected chi connectivity index (χ2v) is 41.0. The number of methoxy groups -OCH3 is 1. The molecule has 0 spiro atoms. The number of rotatable bonds is 30. The molecule has 684 valence electrons. The van der Waals surface area contributed by atoms with Crippen molar-refractivity contribution in [2.75, 3.05) is 90.6 Å². The van der Waals surface area contributed by atoms with Gasteiger partial charge in [-0.3, -0.25) is 24.1 Å². The molecule has 32 nitrogen and oxygen atoms in total. The second-order valence-electron chi connectivity index (χ2n) is 38.5. The quantitative estimate of drug-likeness (QED) is 0.0153. The average Bonchev–Trinajstić information content (AvgIpc) is 1.59. The molecule has 6 amide bonds. The number of pyridine rings is 2. The summed E-state index contributed by atoms with van der Waals surface area (Å²) in [5, 5.41) is 38.8.